The van der Waals surface area contributed by atoms with Gasteiger partial charge in [-0.3, -0.25) is 4.79 Å². The van der Waals surface area contributed by atoms with Crippen LogP contribution in [0.2, 0.25) is 0 Å². The number of halogens is 1. The second kappa shape index (κ2) is 7.59. The van der Waals surface area contributed by atoms with Crippen molar-refractivity contribution in [3.8, 4) is 0 Å². The highest BCUT2D eigenvalue weighted by Crippen LogP contribution is 2.03. The number of unbranched alkanes of at least 4 members (excludes halogenated alkanes) is 2. The first-order valence-electron chi connectivity index (χ1n) is 4.46. The Morgan fingerprint density at radius 2 is 2.17 bits per heavy atom. The molecule has 0 aliphatic heterocycles. The molecule has 0 radical (unpaired) electrons. The molecule has 0 rings (SSSR count). The van der Waals surface area contributed by atoms with Crippen molar-refractivity contribution in [2.24, 2.45) is 0 Å². The van der Waals surface area contributed by atoms with Crippen molar-refractivity contribution in [3.63, 3.8) is 0 Å². The van der Waals surface area contributed by atoms with E-state index in [1.807, 2.05) is 6.92 Å². The second-order valence-corrected chi connectivity index (χ2v) is 3.56. The Morgan fingerprint density at radius 1 is 1.50 bits per heavy atom. The Labute approximate surface area is 82.8 Å². The highest BCUT2D eigenvalue weighted by molar-refractivity contribution is 9.09. The molecule has 0 heterocycles. The van der Waals surface area contributed by atoms with E-state index >= 15 is 0 Å². The van der Waals surface area contributed by atoms with Crippen LogP contribution >= 0.6 is 15.9 Å². The number of carbonyl (C=O) groups is 1. The fourth-order valence-electron chi connectivity index (χ4n) is 0.834. The SMILES string of the molecule is CCCCCC(=O)OC(C)CBr. The quantitative estimate of drug-likeness (QED) is 0.403. The second-order valence-electron chi connectivity index (χ2n) is 2.91. The molecule has 0 aromatic carbocycles. The van der Waals surface area contributed by atoms with Gasteiger partial charge in [0, 0.05) is 11.8 Å². The summed E-state index contributed by atoms with van der Waals surface area (Å²) in [4.78, 5) is 11.0. The smallest absolute Gasteiger partial charge is 0.306 e. The molecule has 12 heavy (non-hydrogen) atoms. The third-order valence-corrected chi connectivity index (χ3v) is 2.45. The molecule has 0 N–H and O–H groups in total. The normalized spacial score (nSPS) is 12.6. The fraction of sp³-hybridized carbons (Fsp3) is 0.889. The molecule has 1 unspecified atom stereocenters. The van der Waals surface area contributed by atoms with E-state index in [0.717, 1.165) is 19.3 Å². The lowest BCUT2D eigenvalue weighted by Gasteiger charge is -2.09. The average molecular weight is 237 g/mol. The minimum Gasteiger partial charge on any atom is -0.462 e. The number of esters is 1. The molecule has 1 atom stereocenters. The predicted octanol–water partition coefficient (Wildman–Crippen LogP) is 2.89. The van der Waals surface area contributed by atoms with Crippen LogP contribution in [0.3, 0.4) is 0 Å². The lowest BCUT2D eigenvalue weighted by atomic mass is 10.2. The zero-order valence-corrected chi connectivity index (χ0v) is 9.39. The number of alkyl halides is 1. The minimum atomic E-state index is -0.0737. The van der Waals surface area contributed by atoms with Crippen molar-refractivity contribution in [2.45, 2.75) is 45.6 Å². The Kier molecular flexibility index (Phi) is 7.56. The first-order valence-corrected chi connectivity index (χ1v) is 5.58. The van der Waals surface area contributed by atoms with Crippen LogP contribution in [0.25, 0.3) is 0 Å². The molecule has 0 amide bonds. The molecule has 0 aromatic heterocycles. The summed E-state index contributed by atoms with van der Waals surface area (Å²) in [5.41, 5.74) is 0. The van der Waals surface area contributed by atoms with Crippen LogP contribution in [-0.2, 0) is 9.53 Å². The lowest BCUT2D eigenvalue weighted by Crippen LogP contribution is -2.15. The molecule has 0 aliphatic carbocycles. The van der Waals surface area contributed by atoms with Crippen molar-refractivity contribution in [3.05, 3.63) is 0 Å². The van der Waals surface area contributed by atoms with Gasteiger partial charge in [0.25, 0.3) is 0 Å². The summed E-state index contributed by atoms with van der Waals surface area (Å²) in [6.07, 6.45) is 3.76. The van der Waals surface area contributed by atoms with Crippen LogP contribution < -0.4 is 0 Å². The van der Waals surface area contributed by atoms with E-state index in [1.165, 1.54) is 0 Å². The molecule has 0 spiro atoms. The Balaban J connectivity index is 3.33. The van der Waals surface area contributed by atoms with Gasteiger partial charge >= 0.3 is 5.97 Å². The van der Waals surface area contributed by atoms with Crippen molar-refractivity contribution >= 4 is 21.9 Å². The van der Waals surface area contributed by atoms with Gasteiger partial charge in [0.15, 0.2) is 0 Å². The van der Waals surface area contributed by atoms with Gasteiger partial charge in [0.1, 0.15) is 6.10 Å². The van der Waals surface area contributed by atoms with Crippen LogP contribution in [0.15, 0.2) is 0 Å². The molecule has 2 nitrogen and oxygen atoms in total. The molecule has 0 aliphatic rings. The van der Waals surface area contributed by atoms with Crippen molar-refractivity contribution in [1.29, 1.82) is 0 Å². The number of rotatable bonds is 6. The summed E-state index contributed by atoms with van der Waals surface area (Å²) < 4.78 is 5.06. The van der Waals surface area contributed by atoms with Crippen LogP contribution in [-0.4, -0.2) is 17.4 Å². The molecular formula is C9H17BrO2. The van der Waals surface area contributed by atoms with Gasteiger partial charge in [-0.05, 0) is 13.3 Å². The minimum absolute atomic E-state index is 0.000809. The van der Waals surface area contributed by atoms with Gasteiger partial charge in [-0.25, -0.2) is 0 Å². The zero-order chi connectivity index (χ0) is 9.40. The molecule has 0 aromatic rings. The van der Waals surface area contributed by atoms with Crippen molar-refractivity contribution in [1.82, 2.24) is 0 Å². The largest absolute Gasteiger partial charge is 0.462 e. The van der Waals surface area contributed by atoms with E-state index in [4.69, 9.17) is 4.74 Å². The van der Waals surface area contributed by atoms with Crippen LogP contribution in [0.1, 0.15) is 39.5 Å². The highest BCUT2D eigenvalue weighted by Gasteiger charge is 2.06. The van der Waals surface area contributed by atoms with E-state index in [2.05, 4.69) is 22.9 Å². The van der Waals surface area contributed by atoms with E-state index in [-0.39, 0.29) is 12.1 Å². The molecule has 0 fully saturated rings. The van der Waals surface area contributed by atoms with Crippen LogP contribution in [0.5, 0.6) is 0 Å². The lowest BCUT2D eigenvalue weighted by molar-refractivity contribution is -0.147. The maximum atomic E-state index is 11.0. The summed E-state index contributed by atoms with van der Waals surface area (Å²) in [6, 6.07) is 0. The summed E-state index contributed by atoms with van der Waals surface area (Å²) in [7, 11) is 0. The third kappa shape index (κ3) is 6.65. The average Bonchev–Trinajstić information content (AvgIpc) is 2.05. The van der Waals surface area contributed by atoms with Gasteiger partial charge in [-0.1, -0.05) is 35.7 Å². The number of ether oxygens (including phenoxy) is 1. The first kappa shape index (κ1) is 11.9. The van der Waals surface area contributed by atoms with Crippen LogP contribution in [0, 0.1) is 0 Å². The fourth-order valence-corrected chi connectivity index (χ4v) is 0.966. The Morgan fingerprint density at radius 3 is 2.67 bits per heavy atom. The van der Waals surface area contributed by atoms with Gasteiger partial charge in [0.05, 0.1) is 0 Å². The van der Waals surface area contributed by atoms with Gasteiger partial charge in [-0.2, -0.15) is 0 Å². The monoisotopic (exact) mass is 236 g/mol. The Hall–Kier alpha value is -0.0500. The maximum Gasteiger partial charge on any atom is 0.306 e. The number of carbonyl (C=O) groups excluding carboxylic acids is 1. The van der Waals surface area contributed by atoms with Gasteiger partial charge in [0.2, 0.25) is 0 Å². The van der Waals surface area contributed by atoms with Gasteiger partial charge in [-0.15, -0.1) is 0 Å². The molecule has 0 saturated heterocycles. The molecule has 3 heteroatoms. The van der Waals surface area contributed by atoms with Crippen molar-refractivity contribution in [2.75, 3.05) is 5.33 Å². The summed E-state index contributed by atoms with van der Waals surface area (Å²) in [5, 5.41) is 0.715. The van der Waals surface area contributed by atoms with Crippen molar-refractivity contribution < 1.29 is 9.53 Å². The molecular weight excluding hydrogens is 220 g/mol. The maximum absolute atomic E-state index is 11.0. The summed E-state index contributed by atoms with van der Waals surface area (Å²) in [6.45, 7) is 4.00. The topological polar surface area (TPSA) is 26.3 Å². The van der Waals surface area contributed by atoms with Gasteiger partial charge < -0.3 is 4.74 Å². The van der Waals surface area contributed by atoms with E-state index < -0.39 is 0 Å². The molecule has 0 bridgehead atoms. The standard InChI is InChI=1S/C9H17BrO2/c1-3-4-5-6-9(11)12-8(2)7-10/h8H,3-7H2,1-2H3. The highest BCUT2D eigenvalue weighted by atomic mass is 79.9. The Bertz CT molecular complexity index is 126. The summed E-state index contributed by atoms with van der Waals surface area (Å²) >= 11 is 3.25. The van der Waals surface area contributed by atoms with Crippen LogP contribution in [0.4, 0.5) is 0 Å². The first-order chi connectivity index (χ1) is 5.70. The van der Waals surface area contributed by atoms with E-state index in [1.54, 1.807) is 0 Å². The number of hydrogen-bond donors (Lipinski definition) is 0. The third-order valence-electron chi connectivity index (χ3n) is 1.53. The molecule has 72 valence electrons. The summed E-state index contributed by atoms with van der Waals surface area (Å²) in [5.74, 6) is -0.0737. The zero-order valence-electron chi connectivity index (χ0n) is 7.81. The molecule has 0 saturated carbocycles. The number of hydrogen-bond acceptors (Lipinski definition) is 2. The van der Waals surface area contributed by atoms with E-state index in [0.29, 0.717) is 11.8 Å². The van der Waals surface area contributed by atoms with E-state index in [9.17, 15) is 4.79 Å². The predicted molar refractivity (Wildman–Crippen MR) is 53.5 cm³/mol.